The number of rotatable bonds is 6. The fraction of sp³-hybridized carbons (Fsp3) is 0.250. The molecule has 0 aliphatic heterocycles. The van der Waals surface area contributed by atoms with Gasteiger partial charge in [-0.25, -0.2) is 13.8 Å². The van der Waals surface area contributed by atoms with Crippen molar-refractivity contribution in [2.45, 2.75) is 19.9 Å². The van der Waals surface area contributed by atoms with Crippen LogP contribution in [0.15, 0.2) is 29.3 Å². The number of ether oxygens (including phenoxy) is 1. The lowest BCUT2D eigenvalue weighted by Gasteiger charge is -2.05. The summed E-state index contributed by atoms with van der Waals surface area (Å²) in [4.78, 5) is 39.6. The van der Waals surface area contributed by atoms with Crippen molar-refractivity contribution in [1.29, 1.82) is 0 Å². The van der Waals surface area contributed by atoms with Gasteiger partial charge in [-0.3, -0.25) is 19.0 Å². The van der Waals surface area contributed by atoms with Gasteiger partial charge in [-0.15, -0.1) is 5.10 Å². The average molecular weight is 377 g/mol. The number of halogens is 2. The van der Waals surface area contributed by atoms with Crippen LogP contribution in [0.5, 0.6) is 0 Å². The number of Topliss-reactive ketones (excluding diaryl/α,β-unsaturated/α-hetero) is 1. The van der Waals surface area contributed by atoms with Crippen molar-refractivity contribution in [2.75, 3.05) is 6.61 Å². The van der Waals surface area contributed by atoms with E-state index in [0.717, 1.165) is 27.7 Å². The van der Waals surface area contributed by atoms with Crippen molar-refractivity contribution >= 4 is 22.9 Å². The number of hydrogen-bond donors (Lipinski definition) is 0. The van der Waals surface area contributed by atoms with Crippen molar-refractivity contribution in [3.05, 3.63) is 46.5 Å². The number of carbonyl (C=O) groups is 2. The van der Waals surface area contributed by atoms with E-state index in [2.05, 4.69) is 20.0 Å². The number of benzene rings is 1. The van der Waals surface area contributed by atoms with Crippen LogP contribution in [0.3, 0.4) is 0 Å². The molecule has 0 atom stereocenters. The Bertz CT molecular complexity index is 1090. The molecule has 2 aromatic heterocycles. The van der Waals surface area contributed by atoms with E-state index in [1.165, 1.54) is 0 Å². The maximum absolute atomic E-state index is 13.9. The largest absolute Gasteiger partial charge is 0.466 e. The second-order valence-electron chi connectivity index (χ2n) is 5.47. The third kappa shape index (κ3) is 3.71. The van der Waals surface area contributed by atoms with Gasteiger partial charge in [-0.05, 0) is 19.1 Å². The van der Waals surface area contributed by atoms with E-state index in [9.17, 15) is 23.2 Å². The van der Waals surface area contributed by atoms with Crippen molar-refractivity contribution in [3.8, 4) is 5.69 Å². The molecule has 0 amide bonds. The minimum Gasteiger partial charge on any atom is -0.466 e. The Morgan fingerprint density at radius 1 is 1.26 bits per heavy atom. The van der Waals surface area contributed by atoms with Gasteiger partial charge in [0.05, 0.1) is 13.2 Å². The molecule has 0 unspecified atom stereocenters. The van der Waals surface area contributed by atoms with E-state index in [0.29, 0.717) is 6.07 Å². The fourth-order valence-corrected chi connectivity index (χ4v) is 2.39. The summed E-state index contributed by atoms with van der Waals surface area (Å²) in [5.41, 5.74) is -1.09. The molecule has 27 heavy (non-hydrogen) atoms. The Morgan fingerprint density at radius 2 is 2.04 bits per heavy atom. The van der Waals surface area contributed by atoms with E-state index < -0.39 is 41.9 Å². The smallest absolute Gasteiger partial charge is 0.313 e. The van der Waals surface area contributed by atoms with Gasteiger partial charge in [-0.2, -0.15) is 4.68 Å². The number of aromatic nitrogens is 5. The van der Waals surface area contributed by atoms with Crippen LogP contribution in [0, 0.1) is 11.6 Å². The third-order valence-electron chi connectivity index (χ3n) is 3.56. The first-order chi connectivity index (χ1) is 12.9. The molecule has 3 aromatic rings. The van der Waals surface area contributed by atoms with Crippen LogP contribution in [0.2, 0.25) is 0 Å². The van der Waals surface area contributed by atoms with E-state index in [1.807, 2.05) is 0 Å². The van der Waals surface area contributed by atoms with Gasteiger partial charge in [0.2, 0.25) is 0 Å². The predicted octanol–water partition coefficient (Wildman–Crippen LogP) is 0.778. The standard InChI is InChI=1S/C16H13F2N5O4/c1-2-27-13(25)6-10(24)7-22-8-19-15-14(16(22)26)20-21-23(15)12-4-3-9(17)5-11(12)18/h3-5,8H,2,6-7H2,1H3. The molecule has 11 heteroatoms. The zero-order valence-corrected chi connectivity index (χ0v) is 14.1. The average Bonchev–Trinajstić information content (AvgIpc) is 3.02. The van der Waals surface area contributed by atoms with Gasteiger partial charge in [-0.1, -0.05) is 5.21 Å². The maximum Gasteiger partial charge on any atom is 0.313 e. The molecule has 0 saturated carbocycles. The first-order valence-electron chi connectivity index (χ1n) is 7.84. The van der Waals surface area contributed by atoms with E-state index in [4.69, 9.17) is 0 Å². The summed E-state index contributed by atoms with van der Waals surface area (Å²) in [5, 5.41) is 7.35. The molecule has 0 radical (unpaired) electrons. The van der Waals surface area contributed by atoms with Gasteiger partial charge in [0, 0.05) is 6.07 Å². The minimum atomic E-state index is -0.905. The number of nitrogens with zero attached hydrogens (tertiary/aromatic N) is 5. The molecule has 0 spiro atoms. The molecule has 1 aromatic carbocycles. The van der Waals surface area contributed by atoms with E-state index >= 15 is 0 Å². The fourth-order valence-electron chi connectivity index (χ4n) is 2.39. The number of ketones is 1. The first kappa shape index (κ1) is 18.3. The highest BCUT2D eigenvalue weighted by Gasteiger charge is 2.18. The van der Waals surface area contributed by atoms with Crippen LogP contribution in [0.25, 0.3) is 16.9 Å². The Balaban J connectivity index is 1.92. The van der Waals surface area contributed by atoms with Crippen LogP contribution in [0.1, 0.15) is 13.3 Å². The second kappa shape index (κ2) is 7.40. The van der Waals surface area contributed by atoms with E-state index in [1.54, 1.807) is 6.92 Å². The van der Waals surface area contributed by atoms with Crippen molar-refractivity contribution in [1.82, 2.24) is 24.5 Å². The van der Waals surface area contributed by atoms with Crippen LogP contribution in [-0.4, -0.2) is 42.9 Å². The topological polar surface area (TPSA) is 109 Å². The molecular weight excluding hydrogens is 364 g/mol. The van der Waals surface area contributed by atoms with Gasteiger partial charge in [0.15, 0.2) is 22.8 Å². The summed E-state index contributed by atoms with van der Waals surface area (Å²) < 4.78 is 33.6. The quantitative estimate of drug-likeness (QED) is 0.461. The Hall–Kier alpha value is -3.50. The third-order valence-corrected chi connectivity index (χ3v) is 3.56. The summed E-state index contributed by atoms with van der Waals surface area (Å²) in [6, 6.07) is 2.83. The molecular formula is C16H13F2N5O4. The Kier molecular flexibility index (Phi) is 5.01. The summed E-state index contributed by atoms with van der Waals surface area (Å²) in [5.74, 6) is -2.91. The maximum atomic E-state index is 13.9. The second-order valence-corrected chi connectivity index (χ2v) is 5.47. The predicted molar refractivity (Wildman–Crippen MR) is 87.1 cm³/mol. The molecule has 0 bridgehead atoms. The Morgan fingerprint density at radius 3 is 2.74 bits per heavy atom. The molecule has 0 aliphatic rings. The molecule has 9 nitrogen and oxygen atoms in total. The van der Waals surface area contributed by atoms with E-state index in [-0.39, 0.29) is 23.5 Å². The van der Waals surface area contributed by atoms with Gasteiger partial charge in [0.25, 0.3) is 5.56 Å². The number of esters is 1. The zero-order valence-electron chi connectivity index (χ0n) is 14.1. The van der Waals surface area contributed by atoms with Gasteiger partial charge >= 0.3 is 5.97 Å². The highest BCUT2D eigenvalue weighted by atomic mass is 19.1. The zero-order chi connectivity index (χ0) is 19.6. The molecule has 0 aliphatic carbocycles. The van der Waals surface area contributed by atoms with Gasteiger partial charge < -0.3 is 4.74 Å². The van der Waals surface area contributed by atoms with Crippen LogP contribution >= 0.6 is 0 Å². The van der Waals surface area contributed by atoms with Crippen molar-refractivity contribution in [3.63, 3.8) is 0 Å². The van der Waals surface area contributed by atoms with Crippen LogP contribution in [-0.2, 0) is 20.9 Å². The monoisotopic (exact) mass is 377 g/mol. The number of fused-ring (bicyclic) bond motifs is 1. The SMILES string of the molecule is CCOC(=O)CC(=O)Cn1cnc2c(nnn2-c2ccc(F)cc2F)c1=O. The summed E-state index contributed by atoms with van der Waals surface area (Å²) in [6.45, 7) is 1.35. The number of carbonyl (C=O) groups excluding carboxylic acids is 2. The number of hydrogen-bond acceptors (Lipinski definition) is 7. The summed E-state index contributed by atoms with van der Waals surface area (Å²) >= 11 is 0. The minimum absolute atomic E-state index is 0.0559. The van der Waals surface area contributed by atoms with Crippen molar-refractivity contribution < 1.29 is 23.1 Å². The van der Waals surface area contributed by atoms with Gasteiger partial charge in [0.1, 0.15) is 24.3 Å². The molecule has 0 N–H and O–H groups in total. The highest BCUT2D eigenvalue weighted by Crippen LogP contribution is 2.16. The molecule has 3 rings (SSSR count). The lowest BCUT2D eigenvalue weighted by molar-refractivity contribution is -0.145. The highest BCUT2D eigenvalue weighted by molar-refractivity contribution is 5.95. The first-order valence-corrected chi connectivity index (χ1v) is 7.84. The summed E-state index contributed by atoms with van der Waals surface area (Å²) in [6.07, 6.45) is 0.584. The normalized spacial score (nSPS) is 10.9. The van der Waals surface area contributed by atoms with Crippen molar-refractivity contribution in [2.24, 2.45) is 0 Å². The molecule has 2 heterocycles. The molecule has 0 saturated heterocycles. The lowest BCUT2D eigenvalue weighted by Crippen LogP contribution is -2.26. The van der Waals surface area contributed by atoms with Crippen LogP contribution < -0.4 is 5.56 Å². The van der Waals surface area contributed by atoms with Crippen LogP contribution in [0.4, 0.5) is 8.78 Å². The Labute approximate surface area is 150 Å². The molecule has 140 valence electrons. The molecule has 0 fully saturated rings. The summed E-state index contributed by atoms with van der Waals surface area (Å²) in [7, 11) is 0. The lowest BCUT2D eigenvalue weighted by atomic mass is 10.3.